The lowest BCUT2D eigenvalue weighted by atomic mass is 9.94. The first-order valence-corrected chi connectivity index (χ1v) is 9.50. The van der Waals surface area contributed by atoms with E-state index in [4.69, 9.17) is 11.6 Å². The Morgan fingerprint density at radius 3 is 2.81 bits per heavy atom. The summed E-state index contributed by atoms with van der Waals surface area (Å²) in [4.78, 5) is 0. The molecule has 0 spiro atoms. The number of nitrogens with one attached hydrogen (secondary N) is 1. The van der Waals surface area contributed by atoms with Crippen molar-refractivity contribution in [2.75, 3.05) is 18.1 Å². The fourth-order valence-corrected chi connectivity index (χ4v) is 4.85. The predicted octanol–water partition coefficient (Wildman–Crippen LogP) is 3.34. The van der Waals surface area contributed by atoms with Crippen molar-refractivity contribution < 1.29 is 12.8 Å². The summed E-state index contributed by atoms with van der Waals surface area (Å²) >= 11 is 5.79. The molecule has 0 aromatic heterocycles. The van der Waals surface area contributed by atoms with Crippen molar-refractivity contribution in [3.63, 3.8) is 0 Å². The maximum atomic E-state index is 14.1. The second-order valence-electron chi connectivity index (χ2n) is 5.68. The molecule has 1 heterocycles. The molecule has 1 aliphatic heterocycles. The van der Waals surface area contributed by atoms with Crippen LogP contribution in [0.15, 0.2) is 18.2 Å². The molecule has 1 aromatic rings. The Balaban J connectivity index is 2.14. The van der Waals surface area contributed by atoms with Gasteiger partial charge in [0.05, 0.1) is 11.5 Å². The first kappa shape index (κ1) is 16.7. The highest BCUT2D eigenvalue weighted by molar-refractivity contribution is 7.91. The summed E-state index contributed by atoms with van der Waals surface area (Å²) in [5, 5.41) is 3.69. The molecule has 0 aliphatic carbocycles. The highest BCUT2D eigenvalue weighted by Crippen LogP contribution is 2.31. The van der Waals surface area contributed by atoms with E-state index in [2.05, 4.69) is 5.32 Å². The molecular formula is C15H21ClFNO2S. The van der Waals surface area contributed by atoms with Crippen LogP contribution in [0.25, 0.3) is 0 Å². The molecule has 0 radical (unpaired) electrons. The van der Waals surface area contributed by atoms with E-state index in [0.29, 0.717) is 23.4 Å². The molecule has 1 fully saturated rings. The Hall–Kier alpha value is -0.650. The summed E-state index contributed by atoms with van der Waals surface area (Å²) in [5.74, 6) is 0.227. The fraction of sp³-hybridized carbons (Fsp3) is 0.600. The Bertz CT molecular complexity index is 591. The molecule has 0 bridgehead atoms. The quantitative estimate of drug-likeness (QED) is 0.868. The third-order valence-electron chi connectivity index (χ3n) is 3.87. The van der Waals surface area contributed by atoms with Crippen LogP contribution in [0.5, 0.6) is 0 Å². The Labute approximate surface area is 130 Å². The number of hydrogen-bond donors (Lipinski definition) is 1. The fourth-order valence-electron chi connectivity index (χ4n) is 2.81. The van der Waals surface area contributed by atoms with Gasteiger partial charge in [-0.3, -0.25) is 0 Å². The van der Waals surface area contributed by atoms with Crippen molar-refractivity contribution in [1.29, 1.82) is 0 Å². The van der Waals surface area contributed by atoms with Crippen LogP contribution in [0.2, 0.25) is 5.02 Å². The van der Waals surface area contributed by atoms with Gasteiger partial charge in [-0.15, -0.1) is 0 Å². The second-order valence-corrected chi connectivity index (χ2v) is 8.34. The summed E-state index contributed by atoms with van der Waals surface area (Å²) in [5.41, 5.74) is 0.567. The summed E-state index contributed by atoms with van der Waals surface area (Å²) in [6, 6.07) is 4.50. The number of hydrogen-bond acceptors (Lipinski definition) is 3. The first-order chi connectivity index (χ1) is 9.91. The molecule has 2 unspecified atom stereocenters. The van der Waals surface area contributed by atoms with Crippen LogP contribution in [0.3, 0.4) is 0 Å². The molecule has 118 valence electrons. The van der Waals surface area contributed by atoms with E-state index < -0.39 is 9.84 Å². The first-order valence-electron chi connectivity index (χ1n) is 7.30. The molecule has 1 saturated heterocycles. The van der Waals surface area contributed by atoms with Gasteiger partial charge in [-0.05, 0) is 43.9 Å². The standard InChI is InChI=1S/C15H21ClFNO2S/c1-2-6-18-15(8-11-5-7-21(19,20)10-11)13-4-3-12(16)9-14(13)17/h3-4,9,11,15,18H,2,5-8,10H2,1H3. The third kappa shape index (κ3) is 4.66. The van der Waals surface area contributed by atoms with E-state index in [-0.39, 0.29) is 29.3 Å². The smallest absolute Gasteiger partial charge is 0.150 e. The minimum absolute atomic E-state index is 0.0967. The Morgan fingerprint density at radius 1 is 1.48 bits per heavy atom. The van der Waals surface area contributed by atoms with Crippen LogP contribution in [0, 0.1) is 11.7 Å². The van der Waals surface area contributed by atoms with E-state index in [1.807, 2.05) is 6.92 Å². The number of sulfone groups is 1. The average molecular weight is 334 g/mol. The van der Waals surface area contributed by atoms with Crippen LogP contribution < -0.4 is 5.32 Å². The molecule has 1 aliphatic rings. The molecule has 3 nitrogen and oxygen atoms in total. The van der Waals surface area contributed by atoms with Crippen molar-refractivity contribution in [1.82, 2.24) is 5.32 Å². The van der Waals surface area contributed by atoms with E-state index >= 15 is 0 Å². The number of rotatable bonds is 6. The third-order valence-corrected chi connectivity index (χ3v) is 5.95. The van der Waals surface area contributed by atoms with Crippen molar-refractivity contribution in [3.05, 3.63) is 34.6 Å². The largest absolute Gasteiger partial charge is 0.310 e. The van der Waals surface area contributed by atoms with Crippen LogP contribution in [0.1, 0.15) is 37.8 Å². The lowest BCUT2D eigenvalue weighted by molar-refractivity contribution is 0.403. The van der Waals surface area contributed by atoms with Crippen molar-refractivity contribution >= 4 is 21.4 Å². The van der Waals surface area contributed by atoms with Gasteiger partial charge < -0.3 is 5.32 Å². The zero-order valence-electron chi connectivity index (χ0n) is 12.1. The number of halogens is 2. The maximum absolute atomic E-state index is 14.1. The summed E-state index contributed by atoms with van der Waals surface area (Å²) in [7, 11) is -2.90. The maximum Gasteiger partial charge on any atom is 0.150 e. The summed E-state index contributed by atoms with van der Waals surface area (Å²) < 4.78 is 37.3. The van der Waals surface area contributed by atoms with Crippen molar-refractivity contribution in [2.45, 2.75) is 32.2 Å². The lowest BCUT2D eigenvalue weighted by Gasteiger charge is -2.22. The van der Waals surface area contributed by atoms with Crippen LogP contribution in [-0.4, -0.2) is 26.5 Å². The van der Waals surface area contributed by atoms with Gasteiger partial charge in [0.1, 0.15) is 5.82 Å². The molecule has 2 rings (SSSR count). The minimum atomic E-state index is -2.90. The lowest BCUT2D eigenvalue weighted by Crippen LogP contribution is -2.25. The van der Waals surface area contributed by atoms with Gasteiger partial charge in [0.25, 0.3) is 0 Å². The summed E-state index contributed by atoms with van der Waals surface area (Å²) in [6.45, 7) is 2.81. The van der Waals surface area contributed by atoms with Crippen molar-refractivity contribution in [3.8, 4) is 0 Å². The van der Waals surface area contributed by atoms with Crippen molar-refractivity contribution in [2.24, 2.45) is 5.92 Å². The zero-order valence-corrected chi connectivity index (χ0v) is 13.7. The van der Waals surface area contributed by atoms with Gasteiger partial charge in [-0.1, -0.05) is 24.6 Å². The Morgan fingerprint density at radius 2 is 2.24 bits per heavy atom. The van der Waals surface area contributed by atoms with Crippen LogP contribution in [-0.2, 0) is 9.84 Å². The predicted molar refractivity (Wildman–Crippen MR) is 83.8 cm³/mol. The Kier molecular flexibility index (Phi) is 5.63. The summed E-state index contributed by atoms with van der Waals surface area (Å²) in [6.07, 6.45) is 2.24. The van der Waals surface area contributed by atoms with E-state index in [0.717, 1.165) is 13.0 Å². The molecule has 21 heavy (non-hydrogen) atoms. The number of benzene rings is 1. The molecule has 2 atom stereocenters. The van der Waals surface area contributed by atoms with Gasteiger partial charge >= 0.3 is 0 Å². The molecular weight excluding hydrogens is 313 g/mol. The molecule has 0 amide bonds. The average Bonchev–Trinajstić information content (AvgIpc) is 2.74. The minimum Gasteiger partial charge on any atom is -0.310 e. The zero-order chi connectivity index (χ0) is 15.5. The van der Waals surface area contributed by atoms with Gasteiger partial charge in [0, 0.05) is 16.6 Å². The monoisotopic (exact) mass is 333 g/mol. The van der Waals surface area contributed by atoms with Gasteiger partial charge in [0.2, 0.25) is 0 Å². The van der Waals surface area contributed by atoms with E-state index in [1.54, 1.807) is 12.1 Å². The molecule has 0 saturated carbocycles. The molecule has 6 heteroatoms. The highest BCUT2D eigenvalue weighted by Gasteiger charge is 2.30. The SMILES string of the molecule is CCCNC(CC1CCS(=O)(=O)C1)c1ccc(Cl)cc1F. The normalized spacial score (nSPS) is 22.3. The van der Waals surface area contributed by atoms with Gasteiger partial charge in [-0.2, -0.15) is 0 Å². The topological polar surface area (TPSA) is 46.2 Å². The van der Waals surface area contributed by atoms with E-state index in [1.165, 1.54) is 6.07 Å². The molecule has 1 aromatic carbocycles. The van der Waals surface area contributed by atoms with Gasteiger partial charge in [0.15, 0.2) is 9.84 Å². The van der Waals surface area contributed by atoms with E-state index in [9.17, 15) is 12.8 Å². The van der Waals surface area contributed by atoms with Crippen LogP contribution in [0.4, 0.5) is 4.39 Å². The molecule has 1 N–H and O–H groups in total. The van der Waals surface area contributed by atoms with Gasteiger partial charge in [-0.25, -0.2) is 12.8 Å². The van der Waals surface area contributed by atoms with Crippen LogP contribution >= 0.6 is 11.6 Å². The highest BCUT2D eigenvalue weighted by atomic mass is 35.5. The second kappa shape index (κ2) is 7.07.